The fraction of sp³-hybridized carbons (Fsp3) is 0.650. The van der Waals surface area contributed by atoms with Crippen molar-refractivity contribution in [3.63, 3.8) is 0 Å². The number of likely N-dealkylation sites (tertiary alicyclic amines) is 1. The average molecular weight is 557 g/mol. The van der Waals surface area contributed by atoms with Crippen LogP contribution >= 0.6 is 24.0 Å². The number of alkyl halides is 3. The fourth-order valence-corrected chi connectivity index (χ4v) is 3.14. The van der Waals surface area contributed by atoms with Gasteiger partial charge in [0, 0.05) is 37.8 Å². The van der Waals surface area contributed by atoms with Crippen LogP contribution in [-0.2, 0) is 11.0 Å². The number of halogens is 4. The molecule has 11 heteroatoms. The Hall–Kier alpha value is -1.79. The second-order valence-corrected chi connectivity index (χ2v) is 7.36. The van der Waals surface area contributed by atoms with Crippen LogP contribution in [0.5, 0.6) is 5.88 Å². The van der Waals surface area contributed by atoms with Crippen molar-refractivity contribution < 1.29 is 22.7 Å². The van der Waals surface area contributed by atoms with Crippen molar-refractivity contribution >= 4 is 35.8 Å². The van der Waals surface area contributed by atoms with Crippen molar-refractivity contribution in [2.75, 3.05) is 32.8 Å². The quantitative estimate of drug-likeness (QED) is 0.233. The van der Waals surface area contributed by atoms with Crippen molar-refractivity contribution in [3.05, 3.63) is 23.9 Å². The molecule has 0 radical (unpaired) electrons. The number of pyridine rings is 1. The Morgan fingerprint density at radius 2 is 2.03 bits per heavy atom. The minimum absolute atomic E-state index is 0. The van der Waals surface area contributed by atoms with E-state index in [1.807, 2.05) is 25.7 Å². The van der Waals surface area contributed by atoms with Gasteiger partial charge in [-0.2, -0.15) is 13.2 Å². The van der Waals surface area contributed by atoms with Gasteiger partial charge in [-0.25, -0.2) is 9.98 Å². The third-order valence-electron chi connectivity index (χ3n) is 4.66. The van der Waals surface area contributed by atoms with E-state index in [-0.39, 0.29) is 55.0 Å². The Morgan fingerprint density at radius 1 is 1.35 bits per heavy atom. The molecule has 0 aromatic carbocycles. The molecule has 0 aliphatic carbocycles. The normalized spacial score (nSPS) is 15.5. The molecular weight excluding hydrogens is 526 g/mol. The third kappa shape index (κ3) is 8.69. The summed E-state index contributed by atoms with van der Waals surface area (Å²) in [7, 11) is 0. The molecule has 1 aliphatic heterocycles. The average Bonchev–Trinajstić information content (AvgIpc) is 2.71. The van der Waals surface area contributed by atoms with Gasteiger partial charge in [-0.3, -0.25) is 4.79 Å². The highest BCUT2D eigenvalue weighted by Crippen LogP contribution is 2.34. The monoisotopic (exact) mass is 557 g/mol. The first kappa shape index (κ1) is 27.2. The number of hydrogen-bond donors (Lipinski definition) is 2. The number of ether oxygens (including phenoxy) is 1. The van der Waals surface area contributed by atoms with Crippen LogP contribution in [-0.4, -0.2) is 60.6 Å². The van der Waals surface area contributed by atoms with E-state index in [9.17, 15) is 18.0 Å². The topological polar surface area (TPSA) is 78.9 Å². The number of carbonyl (C=O) groups excluding carboxylic acids is 1. The third-order valence-corrected chi connectivity index (χ3v) is 4.66. The maximum Gasteiger partial charge on any atom is 0.421 e. The minimum Gasteiger partial charge on any atom is -0.475 e. The molecular formula is C20H31F3IN5O2. The number of piperidine rings is 1. The lowest BCUT2D eigenvalue weighted by atomic mass is 10.0. The van der Waals surface area contributed by atoms with Crippen molar-refractivity contribution in [2.24, 2.45) is 10.9 Å². The largest absolute Gasteiger partial charge is 0.475 e. The molecule has 2 rings (SSSR count). The van der Waals surface area contributed by atoms with Gasteiger partial charge in [0.15, 0.2) is 5.96 Å². The van der Waals surface area contributed by atoms with Crippen LogP contribution in [0, 0.1) is 5.92 Å². The molecule has 0 spiro atoms. The van der Waals surface area contributed by atoms with E-state index in [1.165, 1.54) is 12.3 Å². The predicted molar refractivity (Wildman–Crippen MR) is 124 cm³/mol. The molecule has 1 aromatic rings. The molecule has 0 saturated carbocycles. The van der Waals surface area contributed by atoms with Crippen molar-refractivity contribution in [3.8, 4) is 5.88 Å². The minimum atomic E-state index is -4.52. The Balaban J connectivity index is 0.00000480. The smallest absolute Gasteiger partial charge is 0.421 e. The van der Waals surface area contributed by atoms with Crippen LogP contribution in [0.15, 0.2) is 23.3 Å². The molecule has 0 atom stereocenters. The summed E-state index contributed by atoms with van der Waals surface area (Å²) in [5.74, 6) is 0.288. The highest BCUT2D eigenvalue weighted by atomic mass is 127. The van der Waals surface area contributed by atoms with Gasteiger partial charge in [0.2, 0.25) is 11.8 Å². The van der Waals surface area contributed by atoms with E-state index in [4.69, 9.17) is 4.74 Å². The summed E-state index contributed by atoms with van der Waals surface area (Å²) in [6, 6.07) is 2.34. The number of aliphatic imine (C=N–C) groups is 1. The number of aromatic nitrogens is 1. The first-order valence-electron chi connectivity index (χ1n) is 10.2. The molecule has 31 heavy (non-hydrogen) atoms. The van der Waals surface area contributed by atoms with Gasteiger partial charge in [-0.1, -0.05) is 13.8 Å². The van der Waals surface area contributed by atoms with E-state index in [1.54, 1.807) is 0 Å². The van der Waals surface area contributed by atoms with Gasteiger partial charge >= 0.3 is 6.18 Å². The van der Waals surface area contributed by atoms with Crippen molar-refractivity contribution in [2.45, 2.75) is 45.8 Å². The van der Waals surface area contributed by atoms with Gasteiger partial charge in [-0.05, 0) is 31.9 Å². The van der Waals surface area contributed by atoms with E-state index < -0.39 is 17.6 Å². The summed E-state index contributed by atoms with van der Waals surface area (Å²) < 4.78 is 44.1. The molecule has 1 saturated heterocycles. The number of nitrogens with one attached hydrogen (secondary N) is 2. The fourth-order valence-electron chi connectivity index (χ4n) is 3.14. The van der Waals surface area contributed by atoms with Gasteiger partial charge in [0.05, 0.1) is 6.54 Å². The lowest BCUT2D eigenvalue weighted by Crippen LogP contribution is -2.50. The van der Waals surface area contributed by atoms with Gasteiger partial charge < -0.3 is 20.3 Å². The summed E-state index contributed by atoms with van der Waals surface area (Å²) >= 11 is 0. The van der Waals surface area contributed by atoms with Crippen LogP contribution in [0.1, 0.15) is 39.2 Å². The first-order valence-corrected chi connectivity index (χ1v) is 10.2. The molecule has 1 aromatic heterocycles. The standard InChI is InChI=1S/C20H30F3N5O2.HI/c1-4-24-19(27-15-7-11-28(12-8-15)18(29)14(2)3)26-10-13-30-17-16(20(21,22)23)6-5-9-25-17;/h5-6,9,14-15H,4,7-8,10-13H2,1-3H3,(H2,24,26,27);1H. The van der Waals surface area contributed by atoms with Crippen LogP contribution in [0.25, 0.3) is 0 Å². The van der Waals surface area contributed by atoms with Gasteiger partial charge in [0.25, 0.3) is 0 Å². The second kappa shape index (κ2) is 12.9. The molecule has 7 nitrogen and oxygen atoms in total. The zero-order valence-electron chi connectivity index (χ0n) is 18.0. The van der Waals surface area contributed by atoms with Crippen LogP contribution in [0.4, 0.5) is 13.2 Å². The summed E-state index contributed by atoms with van der Waals surface area (Å²) in [5, 5.41) is 6.45. The van der Waals surface area contributed by atoms with Crippen molar-refractivity contribution in [1.82, 2.24) is 20.5 Å². The van der Waals surface area contributed by atoms with Crippen molar-refractivity contribution in [1.29, 1.82) is 0 Å². The number of guanidine groups is 1. The highest BCUT2D eigenvalue weighted by Gasteiger charge is 2.35. The van der Waals surface area contributed by atoms with E-state index in [2.05, 4.69) is 20.6 Å². The predicted octanol–water partition coefficient (Wildman–Crippen LogP) is 3.30. The number of hydrogen-bond acceptors (Lipinski definition) is 4. The Labute approximate surface area is 198 Å². The number of carbonyl (C=O) groups is 1. The SMILES string of the molecule is CCNC(=NCCOc1ncccc1C(F)(F)F)NC1CCN(C(=O)C(C)C)CC1.I. The second-order valence-electron chi connectivity index (χ2n) is 7.36. The lowest BCUT2D eigenvalue weighted by molar-refractivity contribution is -0.139. The Kier molecular flexibility index (Phi) is 11.4. The lowest BCUT2D eigenvalue weighted by Gasteiger charge is -2.34. The first-order chi connectivity index (χ1) is 14.2. The van der Waals surface area contributed by atoms with E-state index in [0.717, 1.165) is 18.9 Å². The van der Waals surface area contributed by atoms with Gasteiger partial charge in [-0.15, -0.1) is 24.0 Å². The van der Waals surface area contributed by atoms with E-state index >= 15 is 0 Å². The molecule has 176 valence electrons. The molecule has 0 bridgehead atoms. The van der Waals surface area contributed by atoms with Crippen LogP contribution < -0.4 is 15.4 Å². The van der Waals surface area contributed by atoms with Gasteiger partial charge in [0.1, 0.15) is 12.2 Å². The van der Waals surface area contributed by atoms with E-state index in [0.29, 0.717) is 25.6 Å². The molecule has 1 aliphatic rings. The molecule has 1 amide bonds. The number of amides is 1. The maximum absolute atomic E-state index is 13.0. The van der Waals surface area contributed by atoms with Crippen LogP contribution in [0.3, 0.4) is 0 Å². The zero-order chi connectivity index (χ0) is 22.1. The maximum atomic E-state index is 13.0. The molecule has 0 unspecified atom stereocenters. The number of rotatable bonds is 7. The Morgan fingerprint density at radius 3 is 2.61 bits per heavy atom. The Bertz CT molecular complexity index is 723. The summed E-state index contributed by atoms with van der Waals surface area (Å²) in [5.41, 5.74) is -0.901. The highest BCUT2D eigenvalue weighted by molar-refractivity contribution is 14.0. The van der Waals surface area contributed by atoms with Crippen LogP contribution in [0.2, 0.25) is 0 Å². The molecule has 2 heterocycles. The molecule has 1 fully saturated rings. The number of nitrogens with zero attached hydrogens (tertiary/aromatic N) is 3. The summed E-state index contributed by atoms with van der Waals surface area (Å²) in [6.45, 7) is 7.90. The zero-order valence-corrected chi connectivity index (χ0v) is 20.4. The summed E-state index contributed by atoms with van der Waals surface area (Å²) in [4.78, 5) is 22.0. The molecule has 2 N–H and O–H groups in total. The summed E-state index contributed by atoms with van der Waals surface area (Å²) in [6.07, 6.45) is -1.64.